The maximum absolute atomic E-state index is 5.22. The largest absolute Gasteiger partial charge is 0.379 e. The van der Waals surface area contributed by atoms with Gasteiger partial charge in [0.2, 0.25) is 0 Å². The first-order valence-electron chi connectivity index (χ1n) is 11.5. The summed E-state index contributed by atoms with van der Waals surface area (Å²) < 4.78 is 5.22. The van der Waals surface area contributed by atoms with Gasteiger partial charge < -0.3 is 19.9 Å². The highest BCUT2D eigenvalue weighted by molar-refractivity contribution is 4.74. The zero-order chi connectivity index (χ0) is 20.9. The molecule has 1 N–H and O–H groups in total. The average Bonchev–Trinajstić information content (AvgIpc) is 3.23. The number of nitrogens with one attached hydrogen (secondary N) is 1. The molecule has 2 fully saturated rings. The summed E-state index contributed by atoms with van der Waals surface area (Å²) in [6.45, 7) is 20.5. The summed E-state index contributed by atoms with van der Waals surface area (Å²) in [5.41, 5.74) is 0. The molecule has 2 heterocycles. The van der Waals surface area contributed by atoms with E-state index in [1.54, 1.807) is 0 Å². The molecule has 0 amide bonds. The number of morpholine rings is 1. The Morgan fingerprint density at radius 3 is 1.93 bits per heavy atom. The lowest BCUT2D eigenvalue weighted by Gasteiger charge is -2.28. The number of ether oxygens (including phenoxy) is 1. The number of rotatable bonds is 8. The van der Waals surface area contributed by atoms with E-state index in [0.717, 1.165) is 45.4 Å². The van der Waals surface area contributed by atoms with Crippen LogP contribution in [0.3, 0.4) is 0 Å². The van der Waals surface area contributed by atoms with Crippen molar-refractivity contribution in [1.29, 1.82) is 0 Å². The Labute approximate surface area is 171 Å². The molecule has 0 radical (unpaired) electrons. The molecule has 0 bridgehead atoms. The van der Waals surface area contributed by atoms with Crippen LogP contribution in [-0.4, -0.2) is 101 Å². The second kappa shape index (κ2) is 22.1. The minimum atomic E-state index is 0.767. The molecule has 2 aliphatic heterocycles. The number of likely N-dealkylation sites (N-methyl/N-ethyl adjacent to an activating group) is 2. The van der Waals surface area contributed by atoms with Crippen molar-refractivity contribution in [2.45, 2.75) is 66.3 Å². The first-order valence-corrected chi connectivity index (χ1v) is 11.5. The van der Waals surface area contributed by atoms with Crippen molar-refractivity contribution in [2.75, 3.05) is 80.2 Å². The van der Waals surface area contributed by atoms with Crippen molar-refractivity contribution in [3.8, 4) is 0 Å². The minimum Gasteiger partial charge on any atom is -0.379 e. The molecule has 0 aromatic heterocycles. The predicted molar refractivity (Wildman–Crippen MR) is 122 cm³/mol. The van der Waals surface area contributed by atoms with Crippen molar-refractivity contribution in [3.63, 3.8) is 0 Å². The van der Waals surface area contributed by atoms with Crippen LogP contribution in [0.4, 0.5) is 0 Å². The van der Waals surface area contributed by atoms with E-state index >= 15 is 0 Å². The number of hydrogen-bond donors (Lipinski definition) is 1. The molecule has 27 heavy (non-hydrogen) atoms. The lowest BCUT2D eigenvalue weighted by molar-refractivity contribution is 0.0386. The van der Waals surface area contributed by atoms with Crippen LogP contribution < -0.4 is 5.32 Å². The fourth-order valence-electron chi connectivity index (χ4n) is 3.20. The summed E-state index contributed by atoms with van der Waals surface area (Å²) in [7, 11) is 6.40. The molecule has 2 saturated heterocycles. The van der Waals surface area contributed by atoms with Crippen LogP contribution in [0.25, 0.3) is 0 Å². The third-order valence-electron chi connectivity index (χ3n) is 4.80. The van der Waals surface area contributed by atoms with Crippen LogP contribution >= 0.6 is 0 Å². The van der Waals surface area contributed by atoms with Crippen LogP contribution in [-0.2, 0) is 4.74 Å². The summed E-state index contributed by atoms with van der Waals surface area (Å²) in [6, 6.07) is 0.767. The van der Waals surface area contributed by atoms with Gasteiger partial charge in [-0.1, -0.05) is 41.0 Å². The van der Waals surface area contributed by atoms with Gasteiger partial charge in [0.15, 0.2) is 0 Å². The summed E-state index contributed by atoms with van der Waals surface area (Å²) in [4.78, 5) is 7.40. The normalized spacial score (nSPS) is 18.6. The van der Waals surface area contributed by atoms with Crippen molar-refractivity contribution in [2.24, 2.45) is 0 Å². The molecule has 166 valence electrons. The van der Waals surface area contributed by atoms with Crippen LogP contribution in [0.2, 0.25) is 0 Å². The Hall–Kier alpha value is -0.200. The summed E-state index contributed by atoms with van der Waals surface area (Å²) >= 11 is 0. The monoisotopic (exact) mass is 388 g/mol. The Kier molecular flexibility index (Phi) is 23.7. The highest BCUT2D eigenvalue weighted by Gasteiger charge is 2.17. The summed E-state index contributed by atoms with van der Waals surface area (Å²) in [5.74, 6) is 0. The van der Waals surface area contributed by atoms with E-state index in [9.17, 15) is 0 Å². The van der Waals surface area contributed by atoms with Gasteiger partial charge in [0.1, 0.15) is 0 Å². The average molecular weight is 389 g/mol. The molecule has 5 heteroatoms. The van der Waals surface area contributed by atoms with E-state index < -0.39 is 0 Å². The Bertz CT molecular complexity index is 265. The van der Waals surface area contributed by atoms with Gasteiger partial charge in [-0.25, -0.2) is 0 Å². The van der Waals surface area contributed by atoms with E-state index in [0.29, 0.717) is 0 Å². The predicted octanol–water partition coefficient (Wildman–Crippen LogP) is 3.40. The Morgan fingerprint density at radius 2 is 1.48 bits per heavy atom. The molecule has 0 aliphatic carbocycles. The fourth-order valence-corrected chi connectivity index (χ4v) is 3.20. The second-order valence-electron chi connectivity index (χ2n) is 6.97. The third-order valence-corrected chi connectivity index (χ3v) is 4.80. The molecule has 0 saturated carbocycles. The van der Waals surface area contributed by atoms with E-state index in [-0.39, 0.29) is 0 Å². The number of nitrogens with zero attached hydrogens (tertiary/aromatic N) is 3. The molecule has 0 aromatic rings. The molecule has 2 rings (SSSR count). The molecular formula is C22H52N4O. The van der Waals surface area contributed by atoms with Crippen LogP contribution in [0.5, 0.6) is 0 Å². The molecule has 0 aromatic carbocycles. The molecule has 2 aliphatic rings. The van der Waals surface area contributed by atoms with Crippen molar-refractivity contribution >= 4 is 0 Å². The lowest BCUT2D eigenvalue weighted by Crippen LogP contribution is -2.39. The fraction of sp³-hybridized carbons (Fsp3) is 1.00. The first-order chi connectivity index (χ1) is 13.2. The van der Waals surface area contributed by atoms with Crippen LogP contribution in [0, 0.1) is 0 Å². The van der Waals surface area contributed by atoms with Gasteiger partial charge in [-0.15, -0.1) is 0 Å². The molecular weight excluding hydrogens is 336 g/mol. The lowest BCUT2D eigenvalue weighted by atomic mass is 10.1. The maximum Gasteiger partial charge on any atom is 0.0594 e. The molecule has 1 unspecified atom stereocenters. The van der Waals surface area contributed by atoms with Crippen LogP contribution in [0.1, 0.15) is 60.3 Å². The number of likely N-dealkylation sites (tertiary alicyclic amines) is 1. The van der Waals surface area contributed by atoms with Gasteiger partial charge in [0.05, 0.1) is 13.2 Å². The smallest absolute Gasteiger partial charge is 0.0594 e. The first kappa shape index (κ1) is 29.0. The second-order valence-corrected chi connectivity index (χ2v) is 6.97. The van der Waals surface area contributed by atoms with Crippen molar-refractivity contribution < 1.29 is 4.74 Å². The molecule has 1 atom stereocenters. The summed E-state index contributed by atoms with van der Waals surface area (Å²) in [5, 5.41) is 3.13. The van der Waals surface area contributed by atoms with E-state index in [2.05, 4.69) is 41.0 Å². The third kappa shape index (κ3) is 16.5. The summed E-state index contributed by atoms with van der Waals surface area (Å²) in [6.07, 6.45) is 5.46. The van der Waals surface area contributed by atoms with Crippen molar-refractivity contribution in [3.05, 3.63) is 0 Å². The molecule has 5 nitrogen and oxygen atoms in total. The van der Waals surface area contributed by atoms with E-state index in [1.807, 2.05) is 34.7 Å². The quantitative estimate of drug-likeness (QED) is 0.689. The maximum atomic E-state index is 5.22. The zero-order valence-corrected chi connectivity index (χ0v) is 20.0. The Morgan fingerprint density at radius 1 is 0.926 bits per heavy atom. The standard InChI is InChI=1S/C11H24N2.C7H16N2O.2C2H6/c1-4-7-11(12(2)3)10-13-8-5-6-9-13;1-8-2-3-9-4-6-10-7-5-9;2*1-2/h11H,4-10H2,1-3H3;8H,2-7H2,1H3;2*1-2H3. The van der Waals surface area contributed by atoms with Gasteiger partial charge in [-0.05, 0) is 53.5 Å². The number of hydrogen-bond acceptors (Lipinski definition) is 5. The van der Waals surface area contributed by atoms with Crippen LogP contribution in [0.15, 0.2) is 0 Å². The zero-order valence-electron chi connectivity index (χ0n) is 20.0. The SMILES string of the molecule is CC.CC.CCCC(CN1CCCC1)N(C)C.CNCCN1CCOCC1. The van der Waals surface area contributed by atoms with Gasteiger partial charge in [0.25, 0.3) is 0 Å². The van der Waals surface area contributed by atoms with E-state index in [4.69, 9.17) is 4.74 Å². The van der Waals surface area contributed by atoms with E-state index in [1.165, 1.54) is 45.3 Å². The minimum absolute atomic E-state index is 0.767. The van der Waals surface area contributed by atoms with Gasteiger partial charge in [-0.3, -0.25) is 4.90 Å². The van der Waals surface area contributed by atoms with Gasteiger partial charge in [-0.2, -0.15) is 0 Å². The van der Waals surface area contributed by atoms with Gasteiger partial charge >= 0.3 is 0 Å². The highest BCUT2D eigenvalue weighted by Crippen LogP contribution is 2.11. The van der Waals surface area contributed by atoms with Gasteiger partial charge in [0, 0.05) is 38.8 Å². The van der Waals surface area contributed by atoms with Crippen molar-refractivity contribution in [1.82, 2.24) is 20.0 Å². The topological polar surface area (TPSA) is 31.0 Å². The Balaban J connectivity index is 0. The molecule has 0 spiro atoms. The highest BCUT2D eigenvalue weighted by atomic mass is 16.5.